The van der Waals surface area contributed by atoms with Crippen LogP contribution in [-0.4, -0.2) is 78.5 Å². The molecule has 196 valence electrons. The lowest BCUT2D eigenvalue weighted by Gasteiger charge is -2.42. The summed E-state index contributed by atoms with van der Waals surface area (Å²) in [5.41, 5.74) is 1.85. The quantitative estimate of drug-likeness (QED) is 0.576. The molecule has 1 saturated heterocycles. The zero-order chi connectivity index (χ0) is 26.7. The van der Waals surface area contributed by atoms with E-state index in [4.69, 9.17) is 16.3 Å². The molecule has 2 atom stereocenters. The van der Waals surface area contributed by atoms with Gasteiger partial charge in [-0.05, 0) is 43.7 Å². The van der Waals surface area contributed by atoms with E-state index in [9.17, 15) is 18.8 Å². The highest BCUT2D eigenvalue weighted by molar-refractivity contribution is 6.33. The van der Waals surface area contributed by atoms with Gasteiger partial charge in [0.1, 0.15) is 5.82 Å². The molecule has 0 radical (unpaired) electrons. The fourth-order valence-corrected chi connectivity index (χ4v) is 5.00. The lowest BCUT2D eigenvalue weighted by Crippen LogP contribution is -2.56. The second kappa shape index (κ2) is 11.3. The van der Waals surface area contributed by atoms with Crippen LogP contribution in [0.3, 0.4) is 0 Å². The van der Waals surface area contributed by atoms with Crippen molar-refractivity contribution in [1.29, 1.82) is 0 Å². The predicted octanol–water partition coefficient (Wildman–Crippen LogP) is 3.84. The number of rotatable bonds is 6. The fourth-order valence-electron chi connectivity index (χ4n) is 4.78. The Balaban J connectivity index is 1.60. The number of ether oxygens (including phenoxy) is 1. The molecule has 0 bridgehead atoms. The van der Waals surface area contributed by atoms with Crippen LogP contribution in [0.5, 0.6) is 0 Å². The summed E-state index contributed by atoms with van der Waals surface area (Å²) in [5.74, 6) is -1.09. The van der Waals surface area contributed by atoms with Crippen molar-refractivity contribution in [3.63, 3.8) is 0 Å². The predicted molar refractivity (Wildman–Crippen MR) is 137 cm³/mol. The summed E-state index contributed by atoms with van der Waals surface area (Å²) >= 11 is 6.25. The van der Waals surface area contributed by atoms with E-state index in [0.29, 0.717) is 53.6 Å². The SMILES string of the molecule is CCOC(=O)C1=C(CN2CCN(C(=O)c3ccccc3Cl)[C@@H](C)C2)N(C)C(=O)N[C@@H]1c1ccc(F)cc1. The van der Waals surface area contributed by atoms with Gasteiger partial charge >= 0.3 is 12.0 Å². The van der Waals surface area contributed by atoms with Crippen molar-refractivity contribution in [3.05, 3.63) is 81.8 Å². The van der Waals surface area contributed by atoms with E-state index in [1.165, 1.54) is 17.0 Å². The first-order valence-electron chi connectivity index (χ1n) is 12.2. The van der Waals surface area contributed by atoms with E-state index < -0.39 is 17.8 Å². The van der Waals surface area contributed by atoms with Gasteiger partial charge in [-0.15, -0.1) is 0 Å². The molecule has 2 aliphatic rings. The summed E-state index contributed by atoms with van der Waals surface area (Å²) in [7, 11) is 1.60. The Morgan fingerprint density at radius 2 is 1.84 bits per heavy atom. The van der Waals surface area contributed by atoms with E-state index in [1.807, 2.05) is 6.92 Å². The molecule has 8 nitrogen and oxygen atoms in total. The number of hydrogen-bond donors (Lipinski definition) is 1. The van der Waals surface area contributed by atoms with Crippen LogP contribution < -0.4 is 5.32 Å². The van der Waals surface area contributed by atoms with Gasteiger partial charge in [0.15, 0.2) is 0 Å². The molecule has 4 rings (SSSR count). The first-order valence-corrected chi connectivity index (χ1v) is 12.6. The Morgan fingerprint density at radius 3 is 2.49 bits per heavy atom. The highest BCUT2D eigenvalue weighted by Gasteiger charge is 2.38. The maximum Gasteiger partial charge on any atom is 0.338 e. The minimum Gasteiger partial charge on any atom is -0.463 e. The van der Waals surface area contributed by atoms with Gasteiger partial charge in [-0.2, -0.15) is 0 Å². The molecule has 10 heteroatoms. The molecule has 0 spiro atoms. The summed E-state index contributed by atoms with van der Waals surface area (Å²) in [5, 5.41) is 3.24. The summed E-state index contributed by atoms with van der Waals surface area (Å²) in [6.07, 6.45) is 0. The normalized spacial score (nSPS) is 20.6. The molecule has 0 unspecified atom stereocenters. The number of hydrogen-bond acceptors (Lipinski definition) is 5. The van der Waals surface area contributed by atoms with Gasteiger partial charge in [-0.25, -0.2) is 14.0 Å². The minimum absolute atomic E-state index is 0.125. The van der Waals surface area contributed by atoms with Gasteiger partial charge in [0.2, 0.25) is 0 Å². The molecule has 3 amide bonds. The molecule has 0 aromatic heterocycles. The molecular weight excluding hydrogens is 499 g/mol. The topological polar surface area (TPSA) is 82.2 Å². The summed E-state index contributed by atoms with van der Waals surface area (Å²) < 4.78 is 18.9. The molecule has 37 heavy (non-hydrogen) atoms. The van der Waals surface area contributed by atoms with E-state index in [2.05, 4.69) is 10.2 Å². The average Bonchev–Trinajstić information content (AvgIpc) is 2.87. The van der Waals surface area contributed by atoms with Crippen molar-refractivity contribution in [2.75, 3.05) is 39.8 Å². The number of carbonyl (C=O) groups excluding carboxylic acids is 3. The number of benzene rings is 2. The van der Waals surface area contributed by atoms with Gasteiger partial charge in [-0.1, -0.05) is 35.9 Å². The zero-order valence-electron chi connectivity index (χ0n) is 21.0. The number of piperazine rings is 1. The van der Waals surface area contributed by atoms with Crippen molar-refractivity contribution in [2.45, 2.75) is 25.9 Å². The van der Waals surface area contributed by atoms with Gasteiger partial charge in [-0.3, -0.25) is 14.6 Å². The monoisotopic (exact) mass is 528 g/mol. The molecule has 2 aliphatic heterocycles. The van der Waals surface area contributed by atoms with Crippen LogP contribution in [0.1, 0.15) is 35.8 Å². The van der Waals surface area contributed by atoms with Crippen LogP contribution >= 0.6 is 11.6 Å². The number of esters is 1. The van der Waals surface area contributed by atoms with Crippen molar-refractivity contribution in [2.24, 2.45) is 0 Å². The van der Waals surface area contributed by atoms with Crippen molar-refractivity contribution in [3.8, 4) is 0 Å². The molecule has 2 aromatic rings. The molecule has 0 saturated carbocycles. The van der Waals surface area contributed by atoms with Crippen molar-refractivity contribution in [1.82, 2.24) is 20.0 Å². The van der Waals surface area contributed by atoms with Gasteiger partial charge in [0, 0.05) is 45.0 Å². The molecule has 2 heterocycles. The van der Waals surface area contributed by atoms with Crippen LogP contribution in [0, 0.1) is 5.82 Å². The Hall–Kier alpha value is -3.43. The fraction of sp³-hybridized carbons (Fsp3) is 0.370. The van der Waals surface area contributed by atoms with E-state index in [0.717, 1.165) is 0 Å². The Morgan fingerprint density at radius 1 is 1.14 bits per heavy atom. The Labute approximate surface area is 220 Å². The minimum atomic E-state index is -0.779. The number of urea groups is 1. The van der Waals surface area contributed by atoms with E-state index in [-0.39, 0.29) is 24.6 Å². The lowest BCUT2D eigenvalue weighted by atomic mass is 9.94. The van der Waals surface area contributed by atoms with Crippen LogP contribution in [0.15, 0.2) is 59.8 Å². The largest absolute Gasteiger partial charge is 0.463 e. The molecular formula is C27H30ClFN4O4. The van der Waals surface area contributed by atoms with E-state index in [1.54, 1.807) is 55.3 Å². The third-order valence-corrected chi connectivity index (χ3v) is 7.06. The number of likely N-dealkylation sites (N-methyl/N-ethyl adjacent to an activating group) is 1. The smallest absolute Gasteiger partial charge is 0.338 e. The zero-order valence-corrected chi connectivity index (χ0v) is 21.8. The van der Waals surface area contributed by atoms with Gasteiger partial charge in [0.05, 0.1) is 28.8 Å². The van der Waals surface area contributed by atoms with Crippen molar-refractivity contribution < 1.29 is 23.5 Å². The maximum absolute atomic E-state index is 13.6. The van der Waals surface area contributed by atoms with Crippen molar-refractivity contribution >= 4 is 29.5 Å². The number of carbonyl (C=O) groups is 3. The number of nitrogens with zero attached hydrogens (tertiary/aromatic N) is 3. The van der Waals surface area contributed by atoms with Crippen LogP contribution in [0.2, 0.25) is 5.02 Å². The highest BCUT2D eigenvalue weighted by Crippen LogP contribution is 2.32. The molecule has 2 aromatic carbocycles. The summed E-state index contributed by atoms with van der Waals surface area (Å²) in [4.78, 5) is 44.5. The molecule has 1 N–H and O–H groups in total. The number of halogens is 2. The lowest BCUT2D eigenvalue weighted by molar-refractivity contribution is -0.139. The average molecular weight is 529 g/mol. The third-order valence-electron chi connectivity index (χ3n) is 6.73. The number of amides is 3. The number of nitrogens with one attached hydrogen (secondary N) is 1. The van der Waals surface area contributed by atoms with Crippen LogP contribution in [0.25, 0.3) is 0 Å². The van der Waals surface area contributed by atoms with Crippen LogP contribution in [-0.2, 0) is 9.53 Å². The van der Waals surface area contributed by atoms with E-state index >= 15 is 0 Å². The van der Waals surface area contributed by atoms with Gasteiger partial charge in [0.25, 0.3) is 5.91 Å². The standard InChI is InChI=1S/C27H30ClFN4O4/c1-4-37-26(35)23-22(31(3)27(36)30-24(23)18-9-11-19(29)12-10-18)16-32-13-14-33(17(2)15-32)25(34)20-7-5-6-8-21(20)28/h5-12,17,24H,4,13-16H2,1-3H3,(H,30,36)/t17-,24+/m0/s1. The summed E-state index contributed by atoms with van der Waals surface area (Å²) in [6.45, 7) is 5.68. The highest BCUT2D eigenvalue weighted by atomic mass is 35.5. The third kappa shape index (κ3) is 5.62. The maximum atomic E-state index is 13.6. The molecule has 1 fully saturated rings. The van der Waals surface area contributed by atoms with Gasteiger partial charge < -0.3 is 15.0 Å². The second-order valence-electron chi connectivity index (χ2n) is 9.14. The van der Waals surface area contributed by atoms with Crippen LogP contribution in [0.4, 0.5) is 9.18 Å². The first-order chi connectivity index (χ1) is 17.7. The molecule has 0 aliphatic carbocycles. The second-order valence-corrected chi connectivity index (χ2v) is 9.54. The Bertz CT molecular complexity index is 1220. The Kier molecular flexibility index (Phi) is 8.14. The first kappa shape index (κ1) is 26.6. The summed E-state index contributed by atoms with van der Waals surface area (Å²) in [6, 6.07) is 11.4.